The van der Waals surface area contributed by atoms with Gasteiger partial charge < -0.3 is 15.0 Å². The van der Waals surface area contributed by atoms with E-state index in [2.05, 4.69) is 5.32 Å². The predicted molar refractivity (Wildman–Crippen MR) is 114 cm³/mol. The zero-order valence-corrected chi connectivity index (χ0v) is 17.7. The minimum atomic E-state index is -0.675. The van der Waals surface area contributed by atoms with Crippen LogP contribution in [0.25, 0.3) is 0 Å². The molecule has 7 heteroatoms. The van der Waals surface area contributed by atoms with Crippen LogP contribution in [0.4, 0.5) is 0 Å². The van der Waals surface area contributed by atoms with E-state index in [-0.39, 0.29) is 30.2 Å². The quantitative estimate of drug-likeness (QED) is 0.570. The fourth-order valence-corrected chi connectivity index (χ4v) is 5.56. The van der Waals surface area contributed by atoms with E-state index in [1.165, 1.54) is 11.8 Å². The van der Waals surface area contributed by atoms with Gasteiger partial charge >= 0.3 is 5.97 Å². The first-order chi connectivity index (χ1) is 14.4. The Morgan fingerprint density at radius 1 is 1.03 bits per heavy atom. The average molecular weight is 425 g/mol. The molecule has 0 radical (unpaired) electrons. The number of nitrogens with one attached hydrogen (secondary N) is 1. The number of esters is 1. The predicted octanol–water partition coefficient (Wildman–Crippen LogP) is 2.52. The first-order valence-electron chi connectivity index (χ1n) is 9.91. The van der Waals surface area contributed by atoms with Gasteiger partial charge in [-0.15, -0.1) is 11.8 Å². The number of benzene rings is 2. The molecule has 156 valence electrons. The molecule has 6 nitrogen and oxygen atoms in total. The fraction of sp³-hybridized carbons (Fsp3) is 0.348. The van der Waals surface area contributed by atoms with Crippen molar-refractivity contribution >= 4 is 29.5 Å². The number of rotatable bonds is 6. The molecule has 0 aliphatic carbocycles. The lowest BCUT2D eigenvalue weighted by molar-refractivity contribution is -0.165. The molecule has 2 aromatic carbocycles. The maximum absolute atomic E-state index is 12.8. The summed E-state index contributed by atoms with van der Waals surface area (Å²) in [6.45, 7) is 4.03. The van der Waals surface area contributed by atoms with Gasteiger partial charge in [-0.3, -0.25) is 9.59 Å². The number of amides is 2. The van der Waals surface area contributed by atoms with E-state index in [9.17, 15) is 14.4 Å². The van der Waals surface area contributed by atoms with E-state index in [1.54, 1.807) is 4.90 Å². The smallest absolute Gasteiger partial charge is 0.330 e. The zero-order valence-electron chi connectivity index (χ0n) is 16.9. The van der Waals surface area contributed by atoms with Crippen LogP contribution >= 0.6 is 11.8 Å². The number of carbonyl (C=O) groups excluding carboxylic acids is 3. The van der Waals surface area contributed by atoms with Crippen LogP contribution in [0.2, 0.25) is 0 Å². The first-order valence-corrected chi connectivity index (χ1v) is 10.8. The molecule has 0 aromatic heterocycles. The van der Waals surface area contributed by atoms with Gasteiger partial charge in [0, 0.05) is 4.75 Å². The third-order valence-corrected chi connectivity index (χ3v) is 6.98. The monoisotopic (exact) mass is 424 g/mol. The Hall–Kier alpha value is -2.80. The Morgan fingerprint density at radius 2 is 1.63 bits per heavy atom. The molecule has 2 saturated heterocycles. The van der Waals surface area contributed by atoms with Crippen molar-refractivity contribution in [1.29, 1.82) is 0 Å². The molecule has 0 saturated carbocycles. The molecule has 2 heterocycles. The van der Waals surface area contributed by atoms with Gasteiger partial charge in [0.05, 0.1) is 6.42 Å². The number of thioether (sulfide) groups is 1. The molecular weight excluding hydrogens is 400 g/mol. The van der Waals surface area contributed by atoms with Crippen LogP contribution in [0.3, 0.4) is 0 Å². The summed E-state index contributed by atoms with van der Waals surface area (Å²) in [6, 6.07) is 17.5. The topological polar surface area (TPSA) is 75.7 Å². The Kier molecular flexibility index (Phi) is 5.56. The second-order valence-corrected chi connectivity index (χ2v) is 9.83. The standard InChI is InChI=1S/C23H24N2O4S/c1-23(2)19(22(28)29-14-16-11-7-4-8-12-16)25-20(27)18(21(25)30-23)24-17(26)13-15-9-5-3-6-10-15/h3-12,18-19,21H,13-14H2,1-2H3,(H,24,26)/t18-,19+,21-/m1/s1. The van der Waals surface area contributed by atoms with Crippen LogP contribution in [0.1, 0.15) is 25.0 Å². The lowest BCUT2D eigenvalue weighted by Gasteiger charge is -2.44. The molecule has 0 spiro atoms. The molecule has 30 heavy (non-hydrogen) atoms. The van der Waals surface area contributed by atoms with E-state index >= 15 is 0 Å². The summed E-state index contributed by atoms with van der Waals surface area (Å²) in [5.74, 6) is -0.852. The molecule has 0 unspecified atom stereocenters. The highest BCUT2D eigenvalue weighted by molar-refractivity contribution is 8.01. The van der Waals surface area contributed by atoms with Crippen LogP contribution in [0.15, 0.2) is 60.7 Å². The van der Waals surface area contributed by atoms with Gasteiger partial charge in [-0.25, -0.2) is 4.79 Å². The van der Waals surface area contributed by atoms with Crippen molar-refractivity contribution in [3.63, 3.8) is 0 Å². The fourth-order valence-electron chi connectivity index (χ4n) is 3.94. The van der Waals surface area contributed by atoms with Crippen LogP contribution in [0, 0.1) is 0 Å². The van der Waals surface area contributed by atoms with E-state index in [4.69, 9.17) is 4.74 Å². The van der Waals surface area contributed by atoms with Crippen molar-refractivity contribution in [2.75, 3.05) is 0 Å². The molecule has 4 rings (SSSR count). The Balaban J connectivity index is 1.39. The van der Waals surface area contributed by atoms with Crippen molar-refractivity contribution < 1.29 is 19.1 Å². The van der Waals surface area contributed by atoms with Crippen molar-refractivity contribution in [2.45, 2.75) is 49.1 Å². The second-order valence-electron chi connectivity index (χ2n) is 8.06. The molecule has 2 aliphatic heterocycles. The van der Waals surface area contributed by atoms with Crippen molar-refractivity contribution in [2.24, 2.45) is 0 Å². The maximum atomic E-state index is 12.8. The van der Waals surface area contributed by atoms with Crippen LogP contribution in [-0.2, 0) is 32.1 Å². The molecule has 2 aromatic rings. The highest BCUT2D eigenvalue weighted by Crippen LogP contribution is 2.51. The number of nitrogens with zero attached hydrogens (tertiary/aromatic N) is 1. The van der Waals surface area contributed by atoms with Crippen molar-refractivity contribution in [1.82, 2.24) is 10.2 Å². The lowest BCUT2D eigenvalue weighted by Crippen LogP contribution is -2.70. The molecule has 1 N–H and O–H groups in total. The lowest BCUT2D eigenvalue weighted by atomic mass is 9.96. The van der Waals surface area contributed by atoms with Gasteiger partial charge in [0.2, 0.25) is 11.8 Å². The second kappa shape index (κ2) is 8.14. The van der Waals surface area contributed by atoms with E-state index in [0.29, 0.717) is 0 Å². The summed E-state index contributed by atoms with van der Waals surface area (Å²) in [5.41, 5.74) is 1.78. The molecule has 2 amide bonds. The van der Waals surface area contributed by atoms with Crippen LogP contribution in [0.5, 0.6) is 0 Å². The van der Waals surface area contributed by atoms with Gasteiger partial charge in [0.25, 0.3) is 0 Å². The Bertz CT molecular complexity index is 948. The van der Waals surface area contributed by atoms with Gasteiger partial charge in [-0.1, -0.05) is 60.7 Å². The third-order valence-electron chi connectivity index (χ3n) is 5.41. The molecule has 3 atom stereocenters. The summed E-state index contributed by atoms with van der Waals surface area (Å²) in [5, 5.41) is 2.58. The third kappa shape index (κ3) is 3.94. The van der Waals surface area contributed by atoms with E-state index in [1.807, 2.05) is 74.5 Å². The minimum Gasteiger partial charge on any atom is -0.459 e. The number of ether oxygens (including phenoxy) is 1. The summed E-state index contributed by atoms with van der Waals surface area (Å²) >= 11 is 1.53. The Morgan fingerprint density at radius 3 is 2.27 bits per heavy atom. The maximum Gasteiger partial charge on any atom is 0.330 e. The molecule has 2 fully saturated rings. The van der Waals surface area contributed by atoms with Gasteiger partial charge in [-0.2, -0.15) is 0 Å². The number of fused-ring (bicyclic) bond motifs is 1. The van der Waals surface area contributed by atoms with Gasteiger partial charge in [0.1, 0.15) is 24.1 Å². The molecule has 2 aliphatic rings. The minimum absolute atomic E-state index is 0.168. The SMILES string of the molecule is CC1(C)S[C@@H]2[C@H](NC(=O)Cc3ccccc3)C(=O)N2[C@H]1C(=O)OCc1ccccc1. The van der Waals surface area contributed by atoms with Crippen LogP contribution < -0.4 is 5.32 Å². The first kappa shape index (κ1) is 20.5. The van der Waals surface area contributed by atoms with Gasteiger partial charge in [0.15, 0.2) is 0 Å². The van der Waals surface area contributed by atoms with Crippen molar-refractivity contribution in [3.8, 4) is 0 Å². The number of β-lactam (4-membered cyclic amide) rings is 1. The largest absolute Gasteiger partial charge is 0.459 e. The number of hydrogen-bond donors (Lipinski definition) is 1. The van der Waals surface area contributed by atoms with Gasteiger partial charge in [-0.05, 0) is 25.0 Å². The molecular formula is C23H24N2O4S. The highest BCUT2D eigenvalue weighted by Gasteiger charge is 2.64. The zero-order chi connectivity index (χ0) is 21.3. The number of hydrogen-bond acceptors (Lipinski definition) is 5. The molecule has 0 bridgehead atoms. The number of carbonyl (C=O) groups is 3. The van der Waals surface area contributed by atoms with E-state index in [0.717, 1.165) is 11.1 Å². The summed E-state index contributed by atoms with van der Waals surface area (Å²) in [7, 11) is 0. The van der Waals surface area contributed by atoms with E-state index < -0.39 is 22.8 Å². The van der Waals surface area contributed by atoms with Crippen LogP contribution in [-0.4, -0.2) is 44.9 Å². The normalized spacial score (nSPS) is 24.0. The Labute approximate surface area is 180 Å². The highest BCUT2D eigenvalue weighted by atomic mass is 32.2. The average Bonchev–Trinajstić information content (AvgIpc) is 2.99. The summed E-state index contributed by atoms with van der Waals surface area (Å²) in [4.78, 5) is 39.6. The summed E-state index contributed by atoms with van der Waals surface area (Å²) in [6.07, 6.45) is 0.216. The van der Waals surface area contributed by atoms with Crippen molar-refractivity contribution in [3.05, 3.63) is 71.8 Å². The summed E-state index contributed by atoms with van der Waals surface area (Å²) < 4.78 is 5.00.